The van der Waals surface area contributed by atoms with Gasteiger partial charge < -0.3 is 10.6 Å². The Morgan fingerprint density at radius 1 is 1.67 bits per heavy atom. The number of carbonyl (C=O) groups is 1. The standard InChI is InChI=1S/C11H22N2OS/c1-8(15-3)7-13-11(14)10-5-4-6-12-9(10)2/h8-10,12H,4-7H2,1-3H3,(H,13,14)/t8?,9-,10-/m1/s1. The van der Waals surface area contributed by atoms with Crippen LogP contribution in [-0.2, 0) is 4.79 Å². The van der Waals surface area contributed by atoms with Crippen LogP contribution in [0.4, 0.5) is 0 Å². The summed E-state index contributed by atoms with van der Waals surface area (Å²) < 4.78 is 0. The van der Waals surface area contributed by atoms with E-state index in [9.17, 15) is 4.79 Å². The van der Waals surface area contributed by atoms with E-state index < -0.39 is 0 Å². The molecule has 1 aliphatic heterocycles. The van der Waals surface area contributed by atoms with Crippen LogP contribution in [0, 0.1) is 5.92 Å². The second-order valence-electron chi connectivity index (χ2n) is 4.28. The average molecular weight is 230 g/mol. The first-order valence-corrected chi connectivity index (χ1v) is 6.97. The first kappa shape index (κ1) is 12.8. The number of carbonyl (C=O) groups excluding carboxylic acids is 1. The van der Waals surface area contributed by atoms with Gasteiger partial charge >= 0.3 is 0 Å². The van der Waals surface area contributed by atoms with Gasteiger partial charge in [-0.1, -0.05) is 6.92 Å². The van der Waals surface area contributed by atoms with Crippen molar-refractivity contribution in [1.82, 2.24) is 10.6 Å². The molecule has 0 radical (unpaired) electrons. The van der Waals surface area contributed by atoms with Gasteiger partial charge in [0.1, 0.15) is 0 Å². The summed E-state index contributed by atoms with van der Waals surface area (Å²) in [5, 5.41) is 6.88. The number of hydrogen-bond acceptors (Lipinski definition) is 3. The third kappa shape index (κ3) is 4.03. The van der Waals surface area contributed by atoms with Gasteiger partial charge in [0.15, 0.2) is 0 Å². The molecular formula is C11H22N2OS. The molecule has 0 saturated carbocycles. The molecule has 0 aromatic carbocycles. The van der Waals surface area contributed by atoms with Crippen LogP contribution in [0.3, 0.4) is 0 Å². The van der Waals surface area contributed by atoms with Crippen molar-refractivity contribution in [3.05, 3.63) is 0 Å². The van der Waals surface area contributed by atoms with E-state index in [1.54, 1.807) is 11.8 Å². The maximum Gasteiger partial charge on any atom is 0.224 e. The van der Waals surface area contributed by atoms with E-state index in [0.717, 1.165) is 25.9 Å². The second kappa shape index (κ2) is 6.38. The van der Waals surface area contributed by atoms with Crippen LogP contribution in [0.2, 0.25) is 0 Å². The molecule has 0 bridgehead atoms. The lowest BCUT2D eigenvalue weighted by Crippen LogP contribution is -2.47. The molecule has 1 rings (SSSR count). The van der Waals surface area contributed by atoms with Crippen LogP contribution in [-0.4, -0.2) is 36.5 Å². The molecule has 1 heterocycles. The molecule has 2 N–H and O–H groups in total. The van der Waals surface area contributed by atoms with E-state index in [0.29, 0.717) is 11.3 Å². The molecular weight excluding hydrogens is 208 g/mol. The summed E-state index contributed by atoms with van der Waals surface area (Å²) >= 11 is 1.78. The molecule has 1 aliphatic rings. The van der Waals surface area contributed by atoms with E-state index in [-0.39, 0.29) is 11.8 Å². The Hall–Kier alpha value is -0.220. The molecule has 88 valence electrons. The third-order valence-electron chi connectivity index (χ3n) is 3.06. The monoisotopic (exact) mass is 230 g/mol. The van der Waals surface area contributed by atoms with Crippen molar-refractivity contribution in [3.63, 3.8) is 0 Å². The zero-order chi connectivity index (χ0) is 11.3. The summed E-state index contributed by atoms with van der Waals surface area (Å²) in [7, 11) is 0. The highest BCUT2D eigenvalue weighted by Crippen LogP contribution is 2.16. The van der Waals surface area contributed by atoms with Crippen molar-refractivity contribution in [3.8, 4) is 0 Å². The average Bonchev–Trinajstić information content (AvgIpc) is 2.26. The zero-order valence-electron chi connectivity index (χ0n) is 9.88. The lowest BCUT2D eigenvalue weighted by atomic mass is 9.91. The molecule has 4 heteroatoms. The number of thioether (sulfide) groups is 1. The van der Waals surface area contributed by atoms with Gasteiger partial charge in [0.2, 0.25) is 5.91 Å². The van der Waals surface area contributed by atoms with Gasteiger partial charge in [0.05, 0.1) is 5.92 Å². The van der Waals surface area contributed by atoms with Crippen molar-refractivity contribution < 1.29 is 4.79 Å². The minimum absolute atomic E-state index is 0.160. The predicted octanol–water partition coefficient (Wildman–Crippen LogP) is 1.24. The van der Waals surface area contributed by atoms with Crippen LogP contribution in [0.25, 0.3) is 0 Å². The van der Waals surface area contributed by atoms with Gasteiger partial charge in [-0.2, -0.15) is 11.8 Å². The van der Waals surface area contributed by atoms with Crippen LogP contribution >= 0.6 is 11.8 Å². The first-order valence-electron chi connectivity index (χ1n) is 5.69. The summed E-state index contributed by atoms with van der Waals surface area (Å²) in [5.74, 6) is 0.378. The Bertz CT molecular complexity index is 211. The van der Waals surface area contributed by atoms with Crippen LogP contribution in [0.15, 0.2) is 0 Å². The van der Waals surface area contributed by atoms with Crippen molar-refractivity contribution in [1.29, 1.82) is 0 Å². The summed E-state index contributed by atoms with van der Waals surface area (Å²) in [5.41, 5.74) is 0. The van der Waals surface area contributed by atoms with E-state index in [4.69, 9.17) is 0 Å². The molecule has 1 saturated heterocycles. The Morgan fingerprint density at radius 2 is 2.40 bits per heavy atom. The number of amides is 1. The maximum atomic E-state index is 11.9. The van der Waals surface area contributed by atoms with Crippen molar-refractivity contribution in [2.45, 2.75) is 38.0 Å². The topological polar surface area (TPSA) is 41.1 Å². The van der Waals surface area contributed by atoms with Gasteiger partial charge in [-0.05, 0) is 32.6 Å². The first-order chi connectivity index (χ1) is 7.15. The Balaban J connectivity index is 2.32. The second-order valence-corrected chi connectivity index (χ2v) is 5.56. The quantitative estimate of drug-likeness (QED) is 0.763. The van der Waals surface area contributed by atoms with E-state index in [1.165, 1.54) is 0 Å². The number of hydrogen-bond donors (Lipinski definition) is 2. The molecule has 0 spiro atoms. The largest absolute Gasteiger partial charge is 0.355 e. The minimum atomic E-state index is 0.160. The molecule has 1 amide bonds. The lowest BCUT2D eigenvalue weighted by Gasteiger charge is -2.29. The predicted molar refractivity (Wildman–Crippen MR) is 66.2 cm³/mol. The molecule has 1 unspecified atom stereocenters. The maximum absolute atomic E-state index is 11.9. The van der Waals surface area contributed by atoms with Gasteiger partial charge in [-0.15, -0.1) is 0 Å². The summed E-state index contributed by atoms with van der Waals surface area (Å²) in [6.07, 6.45) is 4.20. The van der Waals surface area contributed by atoms with Gasteiger partial charge in [-0.25, -0.2) is 0 Å². The Kier molecular flexibility index (Phi) is 5.47. The van der Waals surface area contributed by atoms with Crippen molar-refractivity contribution in [2.24, 2.45) is 5.92 Å². The lowest BCUT2D eigenvalue weighted by molar-refractivity contribution is -0.126. The summed E-state index contributed by atoms with van der Waals surface area (Å²) in [6.45, 7) is 6.06. The van der Waals surface area contributed by atoms with E-state index in [1.807, 2.05) is 0 Å². The Labute approximate surface area is 96.8 Å². The van der Waals surface area contributed by atoms with E-state index in [2.05, 4.69) is 30.7 Å². The highest BCUT2D eigenvalue weighted by atomic mass is 32.2. The normalized spacial score (nSPS) is 28.5. The third-order valence-corrected chi connectivity index (χ3v) is 4.04. The summed E-state index contributed by atoms with van der Waals surface area (Å²) in [4.78, 5) is 11.9. The highest BCUT2D eigenvalue weighted by Gasteiger charge is 2.27. The fourth-order valence-corrected chi connectivity index (χ4v) is 2.11. The van der Waals surface area contributed by atoms with Crippen LogP contribution < -0.4 is 10.6 Å². The zero-order valence-corrected chi connectivity index (χ0v) is 10.7. The van der Waals surface area contributed by atoms with Gasteiger partial charge in [-0.3, -0.25) is 4.79 Å². The van der Waals surface area contributed by atoms with E-state index >= 15 is 0 Å². The molecule has 0 aromatic heterocycles. The molecule has 3 nitrogen and oxygen atoms in total. The van der Waals surface area contributed by atoms with Gasteiger partial charge in [0, 0.05) is 17.8 Å². The van der Waals surface area contributed by atoms with Crippen LogP contribution in [0.1, 0.15) is 26.7 Å². The van der Waals surface area contributed by atoms with Crippen molar-refractivity contribution >= 4 is 17.7 Å². The SMILES string of the molecule is CSC(C)CNC(=O)[C@@H]1CCCN[C@@H]1C. The Morgan fingerprint density at radius 3 is 3.00 bits per heavy atom. The minimum Gasteiger partial charge on any atom is -0.355 e. The molecule has 3 atom stereocenters. The molecule has 0 aliphatic carbocycles. The summed E-state index contributed by atoms with van der Waals surface area (Å²) in [6, 6.07) is 0.323. The smallest absolute Gasteiger partial charge is 0.224 e. The van der Waals surface area contributed by atoms with Crippen LogP contribution in [0.5, 0.6) is 0 Å². The van der Waals surface area contributed by atoms with Gasteiger partial charge in [0.25, 0.3) is 0 Å². The molecule has 15 heavy (non-hydrogen) atoms. The fourth-order valence-electron chi connectivity index (χ4n) is 1.86. The highest BCUT2D eigenvalue weighted by molar-refractivity contribution is 7.99. The number of piperidine rings is 1. The number of nitrogens with one attached hydrogen (secondary N) is 2. The van der Waals surface area contributed by atoms with Crippen molar-refractivity contribution in [2.75, 3.05) is 19.3 Å². The fraction of sp³-hybridized carbons (Fsp3) is 0.909. The molecule has 0 aromatic rings. The molecule has 1 fully saturated rings. The number of rotatable bonds is 4.